The van der Waals surface area contributed by atoms with Gasteiger partial charge >= 0.3 is 5.97 Å². The van der Waals surface area contributed by atoms with Gasteiger partial charge in [0.15, 0.2) is 23.5 Å². The third kappa shape index (κ3) is 3.02. The molecule has 0 amide bonds. The normalized spacial score (nSPS) is 32.7. The number of carbonyl (C=O) groups excluding carboxylic acids is 4. The predicted octanol–water partition coefficient (Wildman–Crippen LogP) is -0.174. The second-order valence-electron chi connectivity index (χ2n) is 7.70. The summed E-state index contributed by atoms with van der Waals surface area (Å²) in [5.41, 5.74) is -1.53. The topological polar surface area (TPSA) is 157 Å². The molecule has 2 heterocycles. The summed E-state index contributed by atoms with van der Waals surface area (Å²) >= 11 is 0. The van der Waals surface area contributed by atoms with Crippen molar-refractivity contribution in [3.05, 3.63) is 40.5 Å². The van der Waals surface area contributed by atoms with Gasteiger partial charge in [0.05, 0.1) is 30.8 Å². The quantitative estimate of drug-likeness (QED) is 0.536. The first-order valence-corrected chi connectivity index (χ1v) is 9.59. The van der Waals surface area contributed by atoms with E-state index in [9.17, 15) is 34.5 Å². The van der Waals surface area contributed by atoms with Crippen LogP contribution in [-0.4, -0.2) is 76.0 Å². The number of aliphatic hydroxyl groups is 2. The summed E-state index contributed by atoms with van der Waals surface area (Å²) < 4.78 is 16.1. The Morgan fingerprint density at radius 1 is 1.19 bits per heavy atom. The van der Waals surface area contributed by atoms with Crippen molar-refractivity contribution in [2.24, 2.45) is 0 Å². The Morgan fingerprint density at radius 3 is 2.58 bits per heavy atom. The Morgan fingerprint density at radius 2 is 1.90 bits per heavy atom. The smallest absolute Gasteiger partial charge is 0.308 e. The Hall–Kier alpha value is -2.92. The van der Waals surface area contributed by atoms with Crippen LogP contribution in [-0.2, 0) is 23.8 Å². The average molecular weight is 432 g/mol. The molecule has 3 aliphatic rings. The third-order valence-electron chi connectivity index (χ3n) is 5.70. The SMILES string of the molecule is COC(=O)C[C@@H]1O[C@]2(O[C@H](C)CC(=O)[C@H]2O)C2=C(C(=O)c3cccc(O)c3C2=O)[C@@H]1O. The van der Waals surface area contributed by atoms with Gasteiger partial charge in [0.2, 0.25) is 5.79 Å². The van der Waals surface area contributed by atoms with Crippen molar-refractivity contribution in [1.29, 1.82) is 0 Å². The molecule has 31 heavy (non-hydrogen) atoms. The first kappa shape index (κ1) is 21.3. The number of phenolic OH excluding ortho intramolecular Hbond substituents is 1. The van der Waals surface area contributed by atoms with Crippen LogP contribution in [0.4, 0.5) is 0 Å². The minimum Gasteiger partial charge on any atom is -0.507 e. The number of Topliss-reactive ketones (excluding diaryl/α,β-unsaturated/α-hetero) is 3. The monoisotopic (exact) mass is 432 g/mol. The van der Waals surface area contributed by atoms with Crippen LogP contribution in [0, 0.1) is 0 Å². The standard InChI is InChI=1S/C21H20O10/c1-8-6-11(23)20(28)21(30-8)16-15(18(26)12(31-21)7-13(24)29-2)17(25)9-4-3-5-10(22)14(9)19(16)27/h3-5,8,12,18,20,22,26,28H,6-7H2,1-2H3/t8-,12+,18-,20-,21-/m1/s1. The van der Waals surface area contributed by atoms with Crippen molar-refractivity contribution in [2.45, 2.75) is 50.0 Å². The minimum absolute atomic E-state index is 0.165. The second kappa shape index (κ2) is 7.34. The van der Waals surface area contributed by atoms with E-state index in [1.807, 2.05) is 0 Å². The Labute approximate surface area is 176 Å². The average Bonchev–Trinajstić information content (AvgIpc) is 2.72. The molecule has 0 unspecified atom stereocenters. The molecule has 5 atom stereocenters. The van der Waals surface area contributed by atoms with E-state index in [0.717, 1.165) is 7.11 Å². The molecule has 0 aromatic heterocycles. The molecule has 0 bridgehead atoms. The number of esters is 1. The molecule has 0 saturated carbocycles. The van der Waals surface area contributed by atoms with Crippen molar-refractivity contribution < 1.29 is 48.7 Å². The van der Waals surface area contributed by atoms with Gasteiger partial charge < -0.3 is 29.5 Å². The Kier molecular flexibility index (Phi) is 5.05. The zero-order valence-corrected chi connectivity index (χ0v) is 16.7. The fourth-order valence-electron chi connectivity index (χ4n) is 4.34. The molecule has 10 heteroatoms. The van der Waals surface area contributed by atoms with Crippen molar-refractivity contribution >= 4 is 23.3 Å². The van der Waals surface area contributed by atoms with Crippen LogP contribution in [0.15, 0.2) is 29.3 Å². The number of hydrogen-bond acceptors (Lipinski definition) is 10. The lowest BCUT2D eigenvalue weighted by molar-refractivity contribution is -0.310. The largest absolute Gasteiger partial charge is 0.507 e. The number of fused-ring (bicyclic) bond motifs is 2. The summed E-state index contributed by atoms with van der Waals surface area (Å²) in [4.78, 5) is 51.1. The number of ether oxygens (including phenoxy) is 3. The lowest BCUT2D eigenvalue weighted by Crippen LogP contribution is -2.65. The molecular weight excluding hydrogens is 412 g/mol. The summed E-state index contributed by atoms with van der Waals surface area (Å²) in [5.74, 6) is -6.17. The number of methoxy groups -OCH3 is 1. The third-order valence-corrected chi connectivity index (χ3v) is 5.70. The van der Waals surface area contributed by atoms with Gasteiger partial charge in [-0.3, -0.25) is 19.2 Å². The highest BCUT2D eigenvalue weighted by Gasteiger charge is 2.62. The highest BCUT2D eigenvalue weighted by Crippen LogP contribution is 2.48. The molecule has 164 valence electrons. The fraction of sp³-hybridized carbons (Fsp3) is 0.429. The van der Waals surface area contributed by atoms with Gasteiger partial charge in [-0.25, -0.2) is 0 Å². The Bertz CT molecular complexity index is 1040. The van der Waals surface area contributed by atoms with Gasteiger partial charge in [-0.05, 0) is 13.0 Å². The second-order valence-corrected chi connectivity index (χ2v) is 7.70. The predicted molar refractivity (Wildman–Crippen MR) is 100 cm³/mol. The van der Waals surface area contributed by atoms with Gasteiger partial charge in [-0.2, -0.15) is 0 Å². The first-order chi connectivity index (χ1) is 14.6. The lowest BCUT2D eigenvalue weighted by atomic mass is 9.72. The van der Waals surface area contributed by atoms with Crippen LogP contribution < -0.4 is 0 Å². The highest BCUT2D eigenvalue weighted by atomic mass is 16.7. The fourth-order valence-corrected chi connectivity index (χ4v) is 4.34. The number of carbonyl (C=O) groups is 4. The zero-order chi connectivity index (χ0) is 22.7. The zero-order valence-electron chi connectivity index (χ0n) is 16.7. The van der Waals surface area contributed by atoms with E-state index < -0.39 is 76.8 Å². The summed E-state index contributed by atoms with van der Waals surface area (Å²) in [7, 11) is 1.11. The van der Waals surface area contributed by atoms with Gasteiger partial charge in [0.25, 0.3) is 0 Å². The maximum Gasteiger partial charge on any atom is 0.308 e. The van der Waals surface area contributed by atoms with Crippen molar-refractivity contribution in [2.75, 3.05) is 7.11 Å². The summed E-state index contributed by atoms with van der Waals surface area (Å²) in [6.07, 6.45) is -6.74. The van der Waals surface area contributed by atoms with Crippen molar-refractivity contribution in [3.63, 3.8) is 0 Å². The van der Waals surface area contributed by atoms with Crippen LogP contribution in [0.3, 0.4) is 0 Å². The van der Waals surface area contributed by atoms with Crippen LogP contribution in [0.2, 0.25) is 0 Å². The molecule has 2 aliphatic heterocycles. The van der Waals surface area contributed by atoms with E-state index in [4.69, 9.17) is 9.47 Å². The number of aromatic hydroxyl groups is 1. The highest BCUT2D eigenvalue weighted by molar-refractivity contribution is 6.29. The van der Waals surface area contributed by atoms with E-state index in [0.29, 0.717) is 0 Å². The van der Waals surface area contributed by atoms with Gasteiger partial charge in [0, 0.05) is 17.6 Å². The van der Waals surface area contributed by atoms with E-state index in [2.05, 4.69) is 4.74 Å². The molecular formula is C21H20O10. The molecule has 1 aromatic carbocycles. The van der Waals surface area contributed by atoms with E-state index >= 15 is 0 Å². The molecule has 1 aromatic rings. The van der Waals surface area contributed by atoms with Crippen LogP contribution in [0.5, 0.6) is 5.75 Å². The van der Waals surface area contributed by atoms with E-state index in [1.165, 1.54) is 25.1 Å². The number of ketones is 3. The molecule has 1 saturated heterocycles. The molecule has 1 aliphatic carbocycles. The maximum absolute atomic E-state index is 13.4. The maximum atomic E-state index is 13.4. The minimum atomic E-state index is -2.44. The molecule has 4 rings (SSSR count). The molecule has 0 radical (unpaired) electrons. The number of benzene rings is 1. The van der Waals surface area contributed by atoms with E-state index in [1.54, 1.807) is 0 Å². The first-order valence-electron chi connectivity index (χ1n) is 9.59. The lowest BCUT2D eigenvalue weighted by Gasteiger charge is -2.50. The molecule has 3 N–H and O–H groups in total. The summed E-state index contributed by atoms with van der Waals surface area (Å²) in [5, 5.41) is 31.9. The van der Waals surface area contributed by atoms with Crippen LogP contribution in [0.1, 0.15) is 40.5 Å². The molecule has 10 nitrogen and oxygen atoms in total. The van der Waals surface area contributed by atoms with Gasteiger partial charge in [-0.15, -0.1) is 0 Å². The van der Waals surface area contributed by atoms with Gasteiger partial charge in [0.1, 0.15) is 18.0 Å². The van der Waals surface area contributed by atoms with Crippen molar-refractivity contribution in [3.8, 4) is 5.75 Å². The number of aliphatic hydroxyl groups excluding tert-OH is 2. The Balaban J connectivity index is 1.98. The molecule has 1 spiro atoms. The summed E-state index contributed by atoms with van der Waals surface area (Å²) in [6, 6.07) is 3.86. The van der Waals surface area contributed by atoms with E-state index in [-0.39, 0.29) is 17.5 Å². The van der Waals surface area contributed by atoms with Crippen LogP contribution >= 0.6 is 0 Å². The number of phenols is 1. The number of hydrogen-bond donors (Lipinski definition) is 3. The van der Waals surface area contributed by atoms with Crippen molar-refractivity contribution in [1.82, 2.24) is 0 Å². The van der Waals surface area contributed by atoms with Crippen LogP contribution in [0.25, 0.3) is 0 Å². The summed E-state index contributed by atoms with van der Waals surface area (Å²) in [6.45, 7) is 1.51. The van der Waals surface area contributed by atoms with Gasteiger partial charge in [-0.1, -0.05) is 12.1 Å². The molecule has 1 fully saturated rings. The number of rotatable bonds is 2.